The summed E-state index contributed by atoms with van der Waals surface area (Å²) in [5.41, 5.74) is 3.47. The van der Waals surface area contributed by atoms with Crippen molar-refractivity contribution in [3.8, 4) is 11.5 Å². The average molecular weight is 793 g/mol. The molecule has 1 aliphatic heterocycles. The van der Waals surface area contributed by atoms with Gasteiger partial charge in [0.1, 0.15) is 23.7 Å². The first-order valence-electron chi connectivity index (χ1n) is 19.1. The third kappa shape index (κ3) is 11.1. The normalized spacial score (nSPS) is 19.9. The molecule has 6 rings (SSSR count). The summed E-state index contributed by atoms with van der Waals surface area (Å²) in [6.07, 6.45) is -3.70. The lowest BCUT2D eigenvalue weighted by Crippen LogP contribution is -2.50. The molecule has 57 heavy (non-hydrogen) atoms. The summed E-state index contributed by atoms with van der Waals surface area (Å²) in [6.45, 7) is 3.68. The van der Waals surface area contributed by atoms with E-state index in [0.717, 1.165) is 22.3 Å². The summed E-state index contributed by atoms with van der Waals surface area (Å²) in [6, 6.07) is 42.5. The van der Waals surface area contributed by atoms with Gasteiger partial charge in [0.05, 0.1) is 18.7 Å². The number of benzene rings is 5. The molecule has 1 fully saturated rings. The van der Waals surface area contributed by atoms with E-state index in [9.17, 15) is 24.4 Å². The van der Waals surface area contributed by atoms with Crippen LogP contribution in [0.2, 0.25) is 0 Å². The fraction of sp³-hybridized carbons (Fsp3) is 0.289. The maximum atomic E-state index is 14.9. The SMILES string of the molecule is CCOC(=O)[C@H](C)OP(=O)(COc1ccc(C[C@@H]2[C@H](O)[C@@H](O)C(Cc3ccccc3)N(Cc3ccccc3)C(=O)N2Cc2ccccc2)cc1)Oc1ccccc1. The third-order valence-electron chi connectivity index (χ3n) is 9.79. The van der Waals surface area contributed by atoms with Crippen LogP contribution < -0.4 is 9.26 Å². The molecule has 1 heterocycles. The summed E-state index contributed by atoms with van der Waals surface area (Å²) in [5, 5.41) is 24.1. The van der Waals surface area contributed by atoms with Crippen LogP contribution in [0.5, 0.6) is 11.5 Å². The Balaban J connectivity index is 1.26. The largest absolute Gasteiger partial charge is 0.480 e. The summed E-state index contributed by atoms with van der Waals surface area (Å²) < 4.78 is 36.3. The van der Waals surface area contributed by atoms with Crippen LogP contribution in [0.25, 0.3) is 0 Å². The number of aliphatic hydroxyl groups excluding tert-OH is 2. The van der Waals surface area contributed by atoms with Crippen LogP contribution in [0.4, 0.5) is 4.79 Å². The molecule has 2 amide bonds. The van der Waals surface area contributed by atoms with E-state index in [4.69, 9.17) is 18.5 Å². The van der Waals surface area contributed by atoms with E-state index < -0.39 is 50.3 Å². The van der Waals surface area contributed by atoms with Gasteiger partial charge in [0.25, 0.3) is 0 Å². The second-order valence-electron chi connectivity index (χ2n) is 14.0. The Morgan fingerprint density at radius 1 is 0.649 bits per heavy atom. The van der Waals surface area contributed by atoms with E-state index in [1.165, 1.54) is 6.92 Å². The molecular formula is C45H49N2O9P. The van der Waals surface area contributed by atoms with Crippen molar-refractivity contribution in [1.29, 1.82) is 0 Å². The fourth-order valence-corrected chi connectivity index (χ4v) is 8.38. The molecular weight excluding hydrogens is 743 g/mol. The van der Waals surface area contributed by atoms with Gasteiger partial charge < -0.3 is 34.0 Å². The van der Waals surface area contributed by atoms with Crippen molar-refractivity contribution in [2.24, 2.45) is 0 Å². The van der Waals surface area contributed by atoms with Gasteiger partial charge in [0, 0.05) is 13.1 Å². The van der Waals surface area contributed by atoms with Gasteiger partial charge in [-0.2, -0.15) is 0 Å². The second-order valence-corrected chi connectivity index (χ2v) is 15.8. The monoisotopic (exact) mass is 792 g/mol. The molecule has 11 nitrogen and oxygen atoms in total. The van der Waals surface area contributed by atoms with Crippen LogP contribution in [0.3, 0.4) is 0 Å². The van der Waals surface area contributed by atoms with Crippen molar-refractivity contribution in [3.63, 3.8) is 0 Å². The fourth-order valence-electron chi connectivity index (χ4n) is 6.90. The van der Waals surface area contributed by atoms with Crippen LogP contribution >= 0.6 is 7.60 Å². The van der Waals surface area contributed by atoms with Gasteiger partial charge in [-0.1, -0.05) is 121 Å². The zero-order valence-electron chi connectivity index (χ0n) is 32.1. The molecule has 0 spiro atoms. The van der Waals surface area contributed by atoms with Crippen molar-refractivity contribution in [2.45, 2.75) is 70.2 Å². The van der Waals surface area contributed by atoms with Crippen molar-refractivity contribution >= 4 is 19.6 Å². The summed E-state index contributed by atoms with van der Waals surface area (Å²) >= 11 is 0. The zero-order chi connectivity index (χ0) is 40.2. The number of aliphatic hydroxyl groups is 2. The van der Waals surface area contributed by atoms with Gasteiger partial charge in [0.15, 0.2) is 6.10 Å². The van der Waals surface area contributed by atoms with E-state index in [0.29, 0.717) is 12.2 Å². The molecule has 5 aromatic rings. The second kappa shape index (κ2) is 19.6. The number of urea groups is 1. The Morgan fingerprint density at radius 2 is 1.09 bits per heavy atom. The Morgan fingerprint density at radius 3 is 1.56 bits per heavy atom. The minimum atomic E-state index is -4.05. The highest BCUT2D eigenvalue weighted by Crippen LogP contribution is 2.49. The number of rotatable bonds is 17. The molecule has 6 atom stereocenters. The quantitative estimate of drug-likeness (QED) is 0.0720. The van der Waals surface area contributed by atoms with Gasteiger partial charge in [0.2, 0.25) is 6.35 Å². The molecule has 0 aliphatic carbocycles. The van der Waals surface area contributed by atoms with Crippen LogP contribution in [-0.2, 0) is 44.6 Å². The Hall–Kier alpha value is -5.45. The van der Waals surface area contributed by atoms with E-state index in [-0.39, 0.29) is 37.9 Å². The summed E-state index contributed by atoms with van der Waals surface area (Å²) in [4.78, 5) is 30.6. The van der Waals surface area contributed by atoms with Crippen LogP contribution in [0, 0.1) is 0 Å². The first kappa shape index (κ1) is 41.2. The highest BCUT2D eigenvalue weighted by Gasteiger charge is 2.46. The smallest absolute Gasteiger partial charge is 0.417 e. The molecule has 12 heteroatoms. The number of hydrogen-bond donors (Lipinski definition) is 2. The van der Waals surface area contributed by atoms with E-state index in [2.05, 4.69) is 0 Å². The molecule has 0 aromatic heterocycles. The summed E-state index contributed by atoms with van der Waals surface area (Å²) in [5.74, 6) is -0.0551. The number of nitrogens with zero attached hydrogens (tertiary/aromatic N) is 2. The lowest BCUT2D eigenvalue weighted by molar-refractivity contribution is -0.150. The number of hydrogen-bond acceptors (Lipinski definition) is 9. The molecule has 0 bridgehead atoms. The molecule has 0 saturated carbocycles. The Labute approximate surface area is 333 Å². The first-order valence-corrected chi connectivity index (χ1v) is 20.8. The van der Waals surface area contributed by atoms with Crippen LogP contribution in [0.15, 0.2) is 146 Å². The van der Waals surface area contributed by atoms with E-state index in [1.807, 2.05) is 91.0 Å². The van der Waals surface area contributed by atoms with E-state index in [1.54, 1.807) is 71.3 Å². The van der Waals surface area contributed by atoms with Gasteiger partial charge in [-0.25, -0.2) is 14.2 Å². The summed E-state index contributed by atoms with van der Waals surface area (Å²) in [7, 11) is -4.05. The van der Waals surface area contributed by atoms with Gasteiger partial charge in [-0.15, -0.1) is 0 Å². The predicted molar refractivity (Wildman–Crippen MR) is 217 cm³/mol. The van der Waals surface area contributed by atoms with E-state index >= 15 is 0 Å². The van der Waals surface area contributed by atoms with Gasteiger partial charge in [-0.3, -0.25) is 4.52 Å². The van der Waals surface area contributed by atoms with Crippen LogP contribution in [-0.4, -0.2) is 75.4 Å². The molecule has 298 valence electrons. The zero-order valence-corrected chi connectivity index (χ0v) is 33.0. The molecule has 5 aromatic carbocycles. The average Bonchev–Trinajstić information content (AvgIpc) is 3.29. The number of amides is 2. The molecule has 1 saturated heterocycles. The molecule has 1 aliphatic rings. The maximum absolute atomic E-state index is 14.9. The Kier molecular flexibility index (Phi) is 14.2. The Bertz CT molecular complexity index is 2060. The molecule has 0 radical (unpaired) electrons. The highest BCUT2D eigenvalue weighted by atomic mass is 31.2. The van der Waals surface area contributed by atoms with Crippen molar-refractivity contribution < 1.29 is 42.9 Å². The number of carbonyl (C=O) groups excluding carboxylic acids is 2. The maximum Gasteiger partial charge on any atom is 0.417 e. The minimum Gasteiger partial charge on any atom is -0.480 e. The van der Waals surface area contributed by atoms with Crippen molar-refractivity contribution in [3.05, 3.63) is 168 Å². The highest BCUT2D eigenvalue weighted by molar-refractivity contribution is 7.54. The van der Waals surface area contributed by atoms with Crippen molar-refractivity contribution in [2.75, 3.05) is 13.0 Å². The minimum absolute atomic E-state index is 0.133. The van der Waals surface area contributed by atoms with Gasteiger partial charge in [-0.05, 0) is 73.2 Å². The number of carbonyl (C=O) groups is 2. The van der Waals surface area contributed by atoms with Crippen LogP contribution in [0.1, 0.15) is 36.1 Å². The first-order chi connectivity index (χ1) is 27.6. The topological polar surface area (TPSA) is 135 Å². The number of ether oxygens (including phenoxy) is 2. The molecule has 2 N–H and O–H groups in total. The predicted octanol–water partition coefficient (Wildman–Crippen LogP) is 7.65. The lowest BCUT2D eigenvalue weighted by Gasteiger charge is -2.36. The third-order valence-corrected chi connectivity index (χ3v) is 11.4. The lowest BCUT2D eigenvalue weighted by atomic mass is 9.91. The standard InChI is InChI=1S/C45H49N2O9P/c1-3-53-44(50)33(2)55-57(52,56-39-22-14-7-15-23-39)32-54-38-26-24-35(25-27-38)29-41-43(49)42(48)40(28-34-16-8-4-9-17-34)46(30-36-18-10-5-11-19-36)45(51)47(41)31-37-20-12-6-13-21-37/h4-27,33,40-43,48-49H,3,28-32H2,1-2H3/t33-,40?,41+,42-,43-,57?/m0/s1. The number of para-hydroxylation sites is 1. The molecule has 2 unspecified atom stereocenters. The van der Waals surface area contributed by atoms with Gasteiger partial charge >= 0.3 is 19.6 Å². The van der Waals surface area contributed by atoms with Crippen molar-refractivity contribution in [1.82, 2.24) is 9.80 Å². The number of esters is 1.